The molecule has 9 rings (SSSR count). The summed E-state index contributed by atoms with van der Waals surface area (Å²) in [5.74, 6) is -2.89. The summed E-state index contributed by atoms with van der Waals surface area (Å²) in [7, 11) is -10.9. The van der Waals surface area contributed by atoms with Crippen LogP contribution in [0.3, 0.4) is 0 Å². The number of hydrogen-bond donors (Lipinski definition) is 8. The Hall–Kier alpha value is -6.24. The second-order valence-electron chi connectivity index (χ2n) is 27.7. The van der Waals surface area contributed by atoms with Crippen molar-refractivity contribution >= 4 is 199 Å². The predicted octanol–water partition coefficient (Wildman–Crippen LogP) is 12.6. The van der Waals surface area contributed by atoms with Gasteiger partial charge in [0.1, 0.15) is 85.5 Å². The lowest BCUT2D eigenvalue weighted by atomic mass is 10.1. The number of nitrogens with two attached hydrogens (primary N) is 2. The standard InChI is InChI=1S/C20H24ClN3O5S2.C17H21BrClNO5S.C17H22ClNO5S.C9H8Cl2O3S.C8H15NO2.C3H6N2OS.C2H6O/c1-11-18(30-20(22-11)23-13(3)25)14-8-9-16(21)17(10-14)31(27,28)24-12(2)19(26)29-15-6-4-5-7-15;1-10(17(22)25-13-5-3-4-6-13)20-26(23,24)15-9-12(7-8-14(15)19)16(18)11(2)21;1-11(20)9-13-7-8-15(18)16(10-13)25(22,23)19-12(2)17(21)24-14-5-3-4-6-14;1-6(12)4-7-2-3-8(10)9(5-7)15(11,13)14;1-6(9)8(10)11-7-4-2-3-5-7;1-2(6)5-3(4)7;1-2-3/h8-10,12,15,24H,4-7H2,1-3H3,(H,22,23,25);7-10,13,16,20H,3-6H2,1-2H3;7-8,10,12,14,19H,3-6,9H2,1-2H3;2-3,5H,4H2,1H3;6-7H,2-5,9H2,1H3;1H3,(H3,4,5,6,7);3H,2H2,1H3/t12-;10-,16?;12-;;6-;;/m000.0../s1. The molecule has 2 amide bonds. The summed E-state index contributed by atoms with van der Waals surface area (Å²) in [4.78, 5) is 106. The van der Waals surface area contributed by atoms with Crippen LogP contribution < -0.4 is 36.3 Å². The second kappa shape index (κ2) is 51.0. The number of thiocarbonyl (C=S) groups is 1. The van der Waals surface area contributed by atoms with Crippen molar-refractivity contribution in [3.8, 4) is 10.4 Å². The van der Waals surface area contributed by atoms with Crippen LogP contribution in [0, 0.1) is 6.92 Å². The number of carbonyl (C=O) groups excluding carboxylic acids is 9. The number of rotatable bonds is 26. The molecule has 4 saturated carbocycles. The number of Topliss-reactive ketones (excluding diaryl/α,β-unsaturated/α-hetero) is 3. The average molecular weight is 1930 g/mol. The number of thiazole rings is 1. The van der Waals surface area contributed by atoms with Gasteiger partial charge in [-0.1, -0.05) is 97.9 Å². The Morgan fingerprint density at radius 1 is 0.534 bits per heavy atom. The van der Waals surface area contributed by atoms with Gasteiger partial charge in [-0.05, 0) is 248 Å². The monoisotopic (exact) mass is 1920 g/mol. The molecular weight excluding hydrogens is 1830 g/mol. The summed E-state index contributed by atoms with van der Waals surface area (Å²) >= 11 is 32.6. The molecule has 4 aliphatic rings. The quantitative estimate of drug-likeness (QED) is 0.00838. The number of aryl methyl sites for hydroxylation is 1. The van der Waals surface area contributed by atoms with E-state index in [4.69, 9.17) is 92.6 Å². The van der Waals surface area contributed by atoms with Gasteiger partial charge in [-0.25, -0.2) is 38.7 Å². The zero-order valence-corrected chi connectivity index (χ0v) is 77.2. The Kier molecular flexibility index (Phi) is 45.8. The number of aromatic nitrogens is 1. The van der Waals surface area contributed by atoms with Gasteiger partial charge in [-0.3, -0.25) is 43.2 Å². The van der Waals surface area contributed by atoms with Crippen LogP contribution in [0.1, 0.15) is 199 Å². The first-order valence-corrected chi connectivity index (χ1v) is 47.6. The maximum Gasteiger partial charge on any atom is 0.324 e. The van der Waals surface area contributed by atoms with Crippen molar-refractivity contribution in [2.45, 2.75) is 265 Å². The fourth-order valence-corrected chi connectivity index (χ4v) is 19.6. The van der Waals surface area contributed by atoms with Gasteiger partial charge in [0.05, 0.1) is 35.5 Å². The second-order valence-corrected chi connectivity index (χ2v) is 39.3. The number of ketones is 3. The summed E-state index contributed by atoms with van der Waals surface area (Å²) in [5, 5.41) is 12.9. The Bertz CT molecular complexity index is 4780. The summed E-state index contributed by atoms with van der Waals surface area (Å²) in [6.45, 7) is 16.6. The molecular formula is C76H102BrCl5N8O22S6. The lowest BCUT2D eigenvalue weighted by Gasteiger charge is -2.18. The van der Waals surface area contributed by atoms with E-state index in [2.05, 4.69) is 57.9 Å². The van der Waals surface area contributed by atoms with Gasteiger partial charge < -0.3 is 46.2 Å². The molecule has 10 N–H and O–H groups in total. The van der Waals surface area contributed by atoms with Crippen molar-refractivity contribution < 1.29 is 101 Å². The lowest BCUT2D eigenvalue weighted by Crippen LogP contribution is -2.40. The van der Waals surface area contributed by atoms with Crippen molar-refractivity contribution in [3.63, 3.8) is 0 Å². The molecule has 0 saturated heterocycles. The minimum atomic E-state index is -4.09. The van der Waals surface area contributed by atoms with Crippen LogP contribution in [-0.4, -0.2) is 157 Å². The molecule has 42 heteroatoms. The molecule has 1 heterocycles. The molecule has 0 aliphatic heterocycles. The van der Waals surface area contributed by atoms with E-state index in [0.717, 1.165) is 89.9 Å². The highest BCUT2D eigenvalue weighted by Gasteiger charge is 2.33. The van der Waals surface area contributed by atoms with Gasteiger partial charge in [-0.15, -0.1) is 0 Å². The summed E-state index contributed by atoms with van der Waals surface area (Å²) in [6.07, 6.45) is 15.2. The number of hydrogen-bond acceptors (Lipinski definition) is 26. The molecule has 4 fully saturated rings. The first kappa shape index (κ1) is 106. The van der Waals surface area contributed by atoms with Crippen LogP contribution in [0.25, 0.3) is 10.4 Å². The molecule has 0 spiro atoms. The summed E-state index contributed by atoms with van der Waals surface area (Å²) in [6, 6.07) is 14.0. The Labute approximate surface area is 732 Å². The van der Waals surface area contributed by atoms with Crippen LogP contribution in [0.15, 0.2) is 92.4 Å². The molecule has 0 bridgehead atoms. The van der Waals surface area contributed by atoms with Gasteiger partial charge >= 0.3 is 23.9 Å². The van der Waals surface area contributed by atoms with Crippen LogP contribution >= 0.6 is 96.6 Å². The van der Waals surface area contributed by atoms with E-state index in [1.807, 2.05) is 0 Å². The van der Waals surface area contributed by atoms with Gasteiger partial charge in [-0.2, -0.15) is 14.2 Å². The molecule has 1 unspecified atom stereocenters. The largest absolute Gasteiger partial charge is 0.461 e. The molecule has 656 valence electrons. The number of carbonyl (C=O) groups is 9. The molecule has 5 aromatic rings. The molecule has 4 aliphatic carbocycles. The van der Waals surface area contributed by atoms with Gasteiger partial charge in [0.15, 0.2) is 10.2 Å². The van der Waals surface area contributed by atoms with Crippen LogP contribution in [0.5, 0.6) is 0 Å². The minimum Gasteiger partial charge on any atom is -0.461 e. The van der Waals surface area contributed by atoms with E-state index < -0.39 is 86.0 Å². The molecule has 0 radical (unpaired) electrons. The highest BCUT2D eigenvalue weighted by molar-refractivity contribution is 9.09. The molecule has 5 atom stereocenters. The van der Waals surface area contributed by atoms with Gasteiger partial charge in [0.2, 0.25) is 41.9 Å². The zero-order chi connectivity index (χ0) is 89.3. The highest BCUT2D eigenvalue weighted by Crippen LogP contribution is 2.37. The number of nitrogens with one attached hydrogen (secondary N) is 5. The van der Waals surface area contributed by atoms with E-state index in [9.17, 15) is 76.8 Å². The van der Waals surface area contributed by atoms with Crippen molar-refractivity contribution in [1.82, 2.24) is 24.5 Å². The fraction of sp³-hybridized carbons (Fsp3) is 0.513. The van der Waals surface area contributed by atoms with Crippen molar-refractivity contribution in [3.05, 3.63) is 115 Å². The summed E-state index contributed by atoms with van der Waals surface area (Å²) in [5.41, 5.74) is 13.0. The number of aliphatic hydroxyl groups excluding tert-OH is 1. The van der Waals surface area contributed by atoms with Crippen LogP contribution in [-0.2, 0) is 114 Å². The smallest absolute Gasteiger partial charge is 0.324 e. The van der Waals surface area contributed by atoms with Crippen molar-refractivity contribution in [1.29, 1.82) is 0 Å². The number of aliphatic hydroxyl groups is 1. The number of nitrogens with zero attached hydrogens (tertiary/aromatic N) is 1. The van der Waals surface area contributed by atoms with E-state index in [-0.39, 0.29) is 124 Å². The van der Waals surface area contributed by atoms with Crippen molar-refractivity contribution in [2.75, 3.05) is 11.9 Å². The van der Waals surface area contributed by atoms with Crippen LogP contribution in [0.4, 0.5) is 5.13 Å². The first-order valence-electron chi connectivity index (χ1n) is 37.2. The molecule has 4 aromatic carbocycles. The zero-order valence-electron chi connectivity index (χ0n) is 66.9. The Balaban J connectivity index is 0.000000382. The van der Waals surface area contributed by atoms with Crippen molar-refractivity contribution in [2.24, 2.45) is 11.5 Å². The van der Waals surface area contributed by atoms with Crippen LogP contribution in [0.2, 0.25) is 20.1 Å². The Morgan fingerprint density at radius 2 is 0.856 bits per heavy atom. The third kappa shape index (κ3) is 38.0. The minimum absolute atomic E-state index is 0.000798. The summed E-state index contributed by atoms with van der Waals surface area (Å²) < 4.78 is 127. The fourth-order valence-electron chi connectivity index (χ4n) is 11.4. The maximum atomic E-state index is 13.0. The number of ether oxygens (including phenoxy) is 4. The topological polar surface area (TPSA) is 472 Å². The SMILES string of the molecule is CC(=O)C(Br)c1ccc(Cl)c(S(=O)(=O)N[C@@H](C)C(=O)OC2CCCC2)c1.CC(=O)Cc1ccc(Cl)c(S(=O)(=O)Cl)c1.CC(=O)Cc1ccc(Cl)c(S(=O)(=O)N[C@@H](C)C(=O)OC2CCCC2)c1.CC(=O)NC(N)=S.CC(=O)Nc1nc(C)c(-c2ccc(Cl)c(S(=O)(=O)N[C@@H](C)C(=O)OC3CCCC3)c2)s1.CCO.C[C@H](N)C(=O)OC1CCCC1. The number of alkyl halides is 1. The predicted molar refractivity (Wildman–Crippen MR) is 460 cm³/mol. The third-order valence-electron chi connectivity index (χ3n) is 17.0. The molecule has 30 nitrogen and oxygen atoms in total. The first-order chi connectivity index (χ1) is 54.9. The van der Waals surface area contributed by atoms with E-state index in [0.29, 0.717) is 38.0 Å². The Morgan fingerprint density at radius 3 is 1.17 bits per heavy atom. The number of amides is 2. The molecule has 118 heavy (non-hydrogen) atoms. The number of anilines is 1. The number of sulfonamides is 3. The maximum absolute atomic E-state index is 13.0. The number of benzene rings is 4. The molecule has 1 aromatic heterocycles. The highest BCUT2D eigenvalue weighted by atomic mass is 79.9. The number of esters is 4. The number of halogens is 6. The lowest BCUT2D eigenvalue weighted by molar-refractivity contribution is -0.151. The van der Waals surface area contributed by atoms with Gasteiger partial charge in [0, 0.05) is 44.0 Å². The van der Waals surface area contributed by atoms with E-state index >= 15 is 0 Å². The van der Waals surface area contributed by atoms with Gasteiger partial charge in [0.25, 0.3) is 9.05 Å². The van der Waals surface area contributed by atoms with E-state index in [1.165, 1.54) is 128 Å². The average Bonchev–Trinajstić information content (AvgIpc) is 1.70. The third-order valence-corrected chi connectivity index (χ3v) is 27.2. The normalized spacial score (nSPS) is 15.6. The van der Waals surface area contributed by atoms with E-state index in [1.54, 1.807) is 45.0 Å².